The van der Waals surface area contributed by atoms with Crippen LogP contribution in [0.15, 0.2) is 16.5 Å². The maximum absolute atomic E-state index is 6.12. The standard InChI is InChI=1S/C17H25NO/c1-10(2)12-8-7-11(3)14-15(17(4,5)6)13(9-18)19-16(12)14/h7-8,10H,9,18H2,1-6H3. The molecule has 1 heterocycles. The van der Waals surface area contributed by atoms with Crippen molar-refractivity contribution in [3.8, 4) is 0 Å². The molecule has 2 heteroatoms. The Bertz CT molecular complexity index is 600. The van der Waals surface area contributed by atoms with Crippen molar-refractivity contribution in [3.63, 3.8) is 0 Å². The van der Waals surface area contributed by atoms with Gasteiger partial charge in [0.05, 0.1) is 6.54 Å². The molecule has 0 radical (unpaired) electrons. The maximum atomic E-state index is 6.12. The highest BCUT2D eigenvalue weighted by atomic mass is 16.3. The van der Waals surface area contributed by atoms with E-state index < -0.39 is 0 Å². The minimum Gasteiger partial charge on any atom is -0.459 e. The van der Waals surface area contributed by atoms with Gasteiger partial charge < -0.3 is 10.2 Å². The van der Waals surface area contributed by atoms with E-state index in [-0.39, 0.29) is 5.41 Å². The normalized spacial score (nSPS) is 12.6. The molecule has 2 aromatic rings. The highest BCUT2D eigenvalue weighted by Gasteiger charge is 2.27. The van der Waals surface area contributed by atoms with Crippen LogP contribution in [-0.4, -0.2) is 0 Å². The van der Waals surface area contributed by atoms with E-state index >= 15 is 0 Å². The number of hydrogen-bond donors (Lipinski definition) is 1. The largest absolute Gasteiger partial charge is 0.459 e. The zero-order valence-electron chi connectivity index (χ0n) is 12.9. The fraction of sp³-hybridized carbons (Fsp3) is 0.529. The van der Waals surface area contributed by atoms with Gasteiger partial charge in [0.2, 0.25) is 0 Å². The molecule has 0 atom stereocenters. The van der Waals surface area contributed by atoms with Crippen molar-refractivity contribution in [1.29, 1.82) is 0 Å². The van der Waals surface area contributed by atoms with Crippen LogP contribution in [0.1, 0.15) is 63.0 Å². The van der Waals surface area contributed by atoms with E-state index in [1.807, 2.05) is 0 Å². The van der Waals surface area contributed by atoms with Crippen molar-refractivity contribution in [2.75, 3.05) is 0 Å². The van der Waals surface area contributed by atoms with Gasteiger partial charge in [-0.2, -0.15) is 0 Å². The molecule has 2 nitrogen and oxygen atoms in total. The molecule has 0 fully saturated rings. The lowest BCUT2D eigenvalue weighted by atomic mass is 9.83. The lowest BCUT2D eigenvalue weighted by Gasteiger charge is -2.19. The second-order valence-electron chi connectivity index (χ2n) is 6.68. The molecule has 0 aliphatic heterocycles. The Kier molecular flexibility index (Phi) is 3.48. The van der Waals surface area contributed by atoms with Gasteiger partial charge in [-0.25, -0.2) is 0 Å². The SMILES string of the molecule is Cc1ccc(C(C)C)c2oc(CN)c(C(C)(C)C)c12. The molecule has 0 spiro atoms. The van der Waals surface area contributed by atoms with Crippen molar-refractivity contribution in [2.45, 2.75) is 59.4 Å². The monoisotopic (exact) mass is 259 g/mol. The fourth-order valence-electron chi connectivity index (χ4n) is 2.82. The first kappa shape index (κ1) is 14.1. The predicted molar refractivity (Wildman–Crippen MR) is 81.6 cm³/mol. The smallest absolute Gasteiger partial charge is 0.138 e. The van der Waals surface area contributed by atoms with Crippen LogP contribution in [0, 0.1) is 6.92 Å². The molecule has 0 aliphatic rings. The Morgan fingerprint density at radius 1 is 1.21 bits per heavy atom. The van der Waals surface area contributed by atoms with Crippen molar-refractivity contribution in [2.24, 2.45) is 5.73 Å². The third kappa shape index (κ3) is 2.30. The number of hydrogen-bond acceptors (Lipinski definition) is 2. The van der Waals surface area contributed by atoms with E-state index in [1.54, 1.807) is 0 Å². The van der Waals surface area contributed by atoms with Crippen LogP contribution in [0.4, 0.5) is 0 Å². The topological polar surface area (TPSA) is 39.2 Å². The maximum Gasteiger partial charge on any atom is 0.138 e. The summed E-state index contributed by atoms with van der Waals surface area (Å²) in [4.78, 5) is 0. The Balaban J connectivity index is 2.92. The molecule has 0 unspecified atom stereocenters. The van der Waals surface area contributed by atoms with Crippen molar-refractivity contribution in [3.05, 3.63) is 34.6 Å². The second kappa shape index (κ2) is 4.68. The van der Waals surface area contributed by atoms with E-state index in [1.165, 1.54) is 22.1 Å². The highest BCUT2D eigenvalue weighted by Crippen LogP contribution is 2.40. The summed E-state index contributed by atoms with van der Waals surface area (Å²) >= 11 is 0. The summed E-state index contributed by atoms with van der Waals surface area (Å²) in [5, 5.41) is 1.26. The van der Waals surface area contributed by atoms with Crippen LogP contribution >= 0.6 is 0 Å². The van der Waals surface area contributed by atoms with Gasteiger partial charge in [0.1, 0.15) is 11.3 Å². The number of nitrogens with two attached hydrogens (primary N) is 1. The summed E-state index contributed by atoms with van der Waals surface area (Å²) in [5.41, 5.74) is 10.8. The van der Waals surface area contributed by atoms with E-state index in [9.17, 15) is 0 Å². The molecule has 2 rings (SSSR count). The number of benzene rings is 1. The van der Waals surface area contributed by atoms with Gasteiger partial charge in [-0.15, -0.1) is 0 Å². The fourth-order valence-corrected chi connectivity index (χ4v) is 2.82. The Morgan fingerprint density at radius 3 is 2.32 bits per heavy atom. The summed E-state index contributed by atoms with van der Waals surface area (Å²) in [7, 11) is 0. The van der Waals surface area contributed by atoms with Gasteiger partial charge in [0.15, 0.2) is 0 Å². The third-order valence-electron chi connectivity index (χ3n) is 3.71. The van der Waals surface area contributed by atoms with Gasteiger partial charge in [0.25, 0.3) is 0 Å². The minimum absolute atomic E-state index is 0.0420. The number of rotatable bonds is 2. The molecular formula is C17H25NO. The van der Waals surface area contributed by atoms with Crippen molar-refractivity contribution < 1.29 is 4.42 Å². The average molecular weight is 259 g/mol. The first-order chi connectivity index (χ1) is 8.77. The molecule has 1 aromatic heterocycles. The molecule has 0 saturated carbocycles. The van der Waals surface area contributed by atoms with Crippen molar-refractivity contribution >= 4 is 11.0 Å². The molecular weight excluding hydrogens is 234 g/mol. The van der Waals surface area contributed by atoms with E-state index in [4.69, 9.17) is 10.2 Å². The van der Waals surface area contributed by atoms with Crippen molar-refractivity contribution in [1.82, 2.24) is 0 Å². The van der Waals surface area contributed by atoms with E-state index in [2.05, 4.69) is 53.7 Å². The lowest BCUT2D eigenvalue weighted by molar-refractivity contribution is 0.508. The minimum atomic E-state index is 0.0420. The Morgan fingerprint density at radius 2 is 1.84 bits per heavy atom. The molecule has 0 amide bonds. The van der Waals surface area contributed by atoms with Gasteiger partial charge in [-0.05, 0) is 29.4 Å². The van der Waals surface area contributed by atoms with E-state index in [0.717, 1.165) is 11.3 Å². The van der Waals surface area contributed by atoms with Crippen LogP contribution in [0.25, 0.3) is 11.0 Å². The lowest BCUT2D eigenvalue weighted by Crippen LogP contribution is -2.14. The van der Waals surface area contributed by atoms with Gasteiger partial charge >= 0.3 is 0 Å². The van der Waals surface area contributed by atoms with Crippen LogP contribution in [0.2, 0.25) is 0 Å². The first-order valence-electron chi connectivity index (χ1n) is 7.02. The second-order valence-corrected chi connectivity index (χ2v) is 6.68. The van der Waals surface area contributed by atoms with Gasteiger partial charge in [0, 0.05) is 10.9 Å². The van der Waals surface area contributed by atoms with Crippen LogP contribution in [0.5, 0.6) is 0 Å². The van der Waals surface area contributed by atoms with Gasteiger partial charge in [-0.3, -0.25) is 0 Å². The summed E-state index contributed by atoms with van der Waals surface area (Å²) < 4.78 is 6.12. The number of aryl methyl sites for hydroxylation is 1. The van der Waals surface area contributed by atoms with Crippen LogP contribution in [0.3, 0.4) is 0 Å². The highest BCUT2D eigenvalue weighted by molar-refractivity contribution is 5.89. The molecule has 1 aromatic carbocycles. The molecule has 104 valence electrons. The van der Waals surface area contributed by atoms with Gasteiger partial charge in [-0.1, -0.05) is 46.8 Å². The van der Waals surface area contributed by atoms with E-state index in [0.29, 0.717) is 12.5 Å². The molecule has 2 N–H and O–H groups in total. The molecule has 19 heavy (non-hydrogen) atoms. The zero-order valence-corrected chi connectivity index (χ0v) is 12.9. The summed E-state index contributed by atoms with van der Waals surface area (Å²) in [6, 6.07) is 4.38. The quantitative estimate of drug-likeness (QED) is 0.854. The first-order valence-corrected chi connectivity index (χ1v) is 7.02. The summed E-state index contributed by atoms with van der Waals surface area (Å²) in [6.07, 6.45) is 0. The molecule has 0 saturated heterocycles. The Hall–Kier alpha value is -1.28. The number of furan rings is 1. The average Bonchev–Trinajstić information content (AvgIpc) is 2.68. The third-order valence-corrected chi connectivity index (χ3v) is 3.71. The summed E-state index contributed by atoms with van der Waals surface area (Å²) in [6.45, 7) is 13.7. The molecule has 0 bridgehead atoms. The Labute approximate surface area is 116 Å². The van der Waals surface area contributed by atoms with Crippen LogP contribution in [-0.2, 0) is 12.0 Å². The van der Waals surface area contributed by atoms with Crippen LogP contribution < -0.4 is 5.73 Å². The molecule has 0 aliphatic carbocycles. The number of fused-ring (bicyclic) bond motifs is 1. The summed E-state index contributed by atoms with van der Waals surface area (Å²) in [5.74, 6) is 1.38. The zero-order chi connectivity index (χ0) is 14.4. The predicted octanol–water partition coefficient (Wildman–Crippen LogP) is 4.62.